The van der Waals surface area contributed by atoms with Crippen LogP contribution in [-0.2, 0) is 11.3 Å². The van der Waals surface area contributed by atoms with Crippen LogP contribution in [0.3, 0.4) is 0 Å². The van der Waals surface area contributed by atoms with Gasteiger partial charge in [-0.15, -0.1) is 0 Å². The van der Waals surface area contributed by atoms with E-state index in [0.29, 0.717) is 36.0 Å². The van der Waals surface area contributed by atoms with Crippen LogP contribution < -0.4 is 0 Å². The second kappa shape index (κ2) is 7.15. The molecule has 1 saturated carbocycles. The third kappa shape index (κ3) is 3.83. The van der Waals surface area contributed by atoms with Gasteiger partial charge in [0.25, 0.3) is 0 Å². The Morgan fingerprint density at radius 1 is 1.38 bits per heavy atom. The Hall–Kier alpha value is -2.18. The van der Waals surface area contributed by atoms with E-state index in [1.807, 2.05) is 0 Å². The number of rotatable bonds is 7. The van der Waals surface area contributed by atoms with Gasteiger partial charge in [-0.25, -0.2) is 9.18 Å². The van der Waals surface area contributed by atoms with Crippen LogP contribution in [0.4, 0.5) is 4.39 Å². The van der Waals surface area contributed by atoms with Crippen molar-refractivity contribution in [2.45, 2.75) is 31.5 Å². The van der Waals surface area contributed by atoms with E-state index in [-0.39, 0.29) is 5.82 Å². The summed E-state index contributed by atoms with van der Waals surface area (Å²) in [5.74, 6) is -0.239. The highest BCUT2D eigenvalue weighted by molar-refractivity contribution is 5.90. The average molecular weight is 333 g/mol. The van der Waals surface area contributed by atoms with Crippen LogP contribution in [0.15, 0.2) is 41.0 Å². The quantitative estimate of drug-likeness (QED) is 0.790. The van der Waals surface area contributed by atoms with E-state index in [1.165, 1.54) is 25.5 Å². The molecular formula is C18H20FNO4. The number of carbonyl (C=O) groups is 1. The highest BCUT2D eigenvalue weighted by atomic mass is 19.1. The van der Waals surface area contributed by atoms with E-state index < -0.39 is 12.1 Å². The van der Waals surface area contributed by atoms with E-state index in [0.717, 1.165) is 12.8 Å². The number of nitrogens with zero attached hydrogens (tertiary/aromatic N) is 1. The molecule has 0 spiro atoms. The summed E-state index contributed by atoms with van der Waals surface area (Å²) >= 11 is 0. The van der Waals surface area contributed by atoms with Crippen molar-refractivity contribution in [3.63, 3.8) is 0 Å². The molecule has 1 atom stereocenters. The molecule has 1 aromatic heterocycles. The fourth-order valence-corrected chi connectivity index (χ4v) is 2.73. The number of aliphatic hydroxyl groups is 1. The van der Waals surface area contributed by atoms with Gasteiger partial charge >= 0.3 is 5.97 Å². The summed E-state index contributed by atoms with van der Waals surface area (Å²) in [5, 5.41) is 10.4. The number of carbonyl (C=O) groups excluding carboxylic acids is 1. The third-order valence-corrected chi connectivity index (χ3v) is 4.22. The monoisotopic (exact) mass is 333 g/mol. The minimum Gasteiger partial charge on any atom is -0.467 e. The van der Waals surface area contributed by atoms with E-state index in [4.69, 9.17) is 9.15 Å². The largest absolute Gasteiger partial charge is 0.467 e. The van der Waals surface area contributed by atoms with E-state index in [2.05, 4.69) is 4.90 Å². The SMILES string of the molecule is COC(=O)c1ccoc1CN(CC(O)c1ccc(F)cc1)C1CC1. The molecule has 24 heavy (non-hydrogen) atoms. The number of benzene rings is 1. The highest BCUT2D eigenvalue weighted by Gasteiger charge is 2.32. The van der Waals surface area contributed by atoms with Crippen molar-refractivity contribution >= 4 is 5.97 Å². The van der Waals surface area contributed by atoms with Crippen molar-refractivity contribution in [1.82, 2.24) is 4.90 Å². The molecule has 1 aliphatic carbocycles. The summed E-state index contributed by atoms with van der Waals surface area (Å²) in [6.45, 7) is 0.804. The predicted octanol–water partition coefficient (Wildman–Crippen LogP) is 2.90. The van der Waals surface area contributed by atoms with E-state index in [9.17, 15) is 14.3 Å². The fourth-order valence-electron chi connectivity index (χ4n) is 2.73. The normalized spacial score (nSPS) is 15.5. The maximum Gasteiger partial charge on any atom is 0.341 e. The van der Waals surface area contributed by atoms with Gasteiger partial charge in [-0.3, -0.25) is 4.90 Å². The van der Waals surface area contributed by atoms with Crippen molar-refractivity contribution in [2.75, 3.05) is 13.7 Å². The number of hydrogen-bond donors (Lipinski definition) is 1. The molecule has 0 radical (unpaired) electrons. The first kappa shape index (κ1) is 16.7. The molecule has 1 heterocycles. The van der Waals surface area contributed by atoms with Gasteiger partial charge in [-0.05, 0) is 36.6 Å². The molecule has 1 N–H and O–H groups in total. The molecule has 0 aliphatic heterocycles. The molecule has 0 saturated heterocycles. The Bertz CT molecular complexity index is 693. The van der Waals surface area contributed by atoms with Crippen LogP contribution in [0.1, 0.15) is 40.6 Å². The van der Waals surface area contributed by atoms with Gasteiger partial charge in [0.15, 0.2) is 0 Å². The van der Waals surface area contributed by atoms with Gasteiger partial charge in [-0.2, -0.15) is 0 Å². The number of aliphatic hydroxyl groups excluding tert-OH is 1. The minimum absolute atomic E-state index is 0.330. The van der Waals surface area contributed by atoms with Crippen molar-refractivity contribution < 1.29 is 23.4 Å². The maximum atomic E-state index is 13.0. The molecule has 0 amide bonds. The summed E-state index contributed by atoms with van der Waals surface area (Å²) in [5.41, 5.74) is 1.06. The van der Waals surface area contributed by atoms with Crippen LogP contribution in [0.25, 0.3) is 0 Å². The van der Waals surface area contributed by atoms with Crippen molar-refractivity contribution in [2.24, 2.45) is 0 Å². The van der Waals surface area contributed by atoms with Gasteiger partial charge in [-0.1, -0.05) is 12.1 Å². The second-order valence-electron chi connectivity index (χ2n) is 5.98. The smallest absolute Gasteiger partial charge is 0.341 e. The van der Waals surface area contributed by atoms with Crippen molar-refractivity contribution in [3.05, 3.63) is 59.3 Å². The molecule has 1 aromatic carbocycles. The van der Waals surface area contributed by atoms with Crippen LogP contribution >= 0.6 is 0 Å². The summed E-state index contributed by atoms with van der Waals surface area (Å²) in [6, 6.07) is 7.78. The van der Waals surface area contributed by atoms with E-state index in [1.54, 1.807) is 18.2 Å². The van der Waals surface area contributed by atoms with Crippen molar-refractivity contribution in [1.29, 1.82) is 0 Å². The van der Waals surface area contributed by atoms with Gasteiger partial charge in [0.2, 0.25) is 0 Å². The third-order valence-electron chi connectivity index (χ3n) is 4.22. The number of methoxy groups -OCH3 is 1. The summed E-state index contributed by atoms with van der Waals surface area (Å²) in [6.07, 6.45) is 2.82. The van der Waals surface area contributed by atoms with Crippen LogP contribution in [0.5, 0.6) is 0 Å². The van der Waals surface area contributed by atoms with Gasteiger partial charge in [0, 0.05) is 12.6 Å². The van der Waals surface area contributed by atoms with Gasteiger partial charge in [0.1, 0.15) is 17.1 Å². The molecule has 1 aliphatic rings. The minimum atomic E-state index is -0.734. The Morgan fingerprint density at radius 3 is 2.71 bits per heavy atom. The molecule has 2 aromatic rings. The molecular weight excluding hydrogens is 313 g/mol. The van der Waals surface area contributed by atoms with Gasteiger partial charge < -0.3 is 14.3 Å². The lowest BCUT2D eigenvalue weighted by Gasteiger charge is -2.24. The van der Waals surface area contributed by atoms with Crippen LogP contribution in [0.2, 0.25) is 0 Å². The molecule has 1 unspecified atom stereocenters. The number of ether oxygens (including phenoxy) is 1. The fraction of sp³-hybridized carbons (Fsp3) is 0.389. The first-order valence-electron chi connectivity index (χ1n) is 7.90. The first-order chi connectivity index (χ1) is 11.6. The molecule has 3 rings (SSSR count). The predicted molar refractivity (Wildman–Crippen MR) is 84.8 cm³/mol. The van der Waals surface area contributed by atoms with E-state index >= 15 is 0 Å². The Balaban J connectivity index is 1.70. The maximum absolute atomic E-state index is 13.0. The zero-order valence-corrected chi connectivity index (χ0v) is 13.4. The lowest BCUT2D eigenvalue weighted by atomic mass is 10.1. The molecule has 5 nitrogen and oxygen atoms in total. The Labute approximate surface area is 139 Å². The Morgan fingerprint density at radius 2 is 2.08 bits per heavy atom. The number of hydrogen-bond acceptors (Lipinski definition) is 5. The number of halogens is 1. The van der Waals surface area contributed by atoms with Crippen molar-refractivity contribution in [3.8, 4) is 0 Å². The number of esters is 1. The van der Waals surface area contributed by atoms with Gasteiger partial charge in [0.05, 0.1) is 26.0 Å². The number of furan rings is 1. The zero-order chi connectivity index (χ0) is 17.1. The first-order valence-corrected chi connectivity index (χ1v) is 7.90. The topological polar surface area (TPSA) is 62.9 Å². The lowest BCUT2D eigenvalue weighted by Crippen LogP contribution is -2.30. The van der Waals surface area contributed by atoms with Crippen LogP contribution in [-0.4, -0.2) is 35.7 Å². The summed E-state index contributed by atoms with van der Waals surface area (Å²) in [7, 11) is 1.33. The molecule has 128 valence electrons. The molecule has 0 bridgehead atoms. The van der Waals surface area contributed by atoms with Crippen LogP contribution in [0, 0.1) is 5.82 Å². The lowest BCUT2D eigenvalue weighted by molar-refractivity contribution is 0.0593. The summed E-state index contributed by atoms with van der Waals surface area (Å²) in [4.78, 5) is 13.8. The standard InChI is InChI=1S/C18H20FNO4/c1-23-18(22)15-8-9-24-17(15)11-20(14-6-7-14)10-16(21)12-2-4-13(19)5-3-12/h2-5,8-9,14,16,21H,6-7,10-11H2,1H3. The summed E-state index contributed by atoms with van der Waals surface area (Å²) < 4.78 is 23.2. The molecule has 6 heteroatoms. The average Bonchev–Trinajstić information content (AvgIpc) is 3.33. The zero-order valence-electron chi connectivity index (χ0n) is 13.4. The Kier molecular flexibility index (Phi) is 4.97. The second-order valence-corrected chi connectivity index (χ2v) is 5.98. The highest BCUT2D eigenvalue weighted by Crippen LogP contribution is 2.31. The molecule has 1 fully saturated rings.